The van der Waals surface area contributed by atoms with Crippen LogP contribution in [-0.4, -0.2) is 89.6 Å². The van der Waals surface area contributed by atoms with Gasteiger partial charge in [0, 0.05) is 13.0 Å². The van der Waals surface area contributed by atoms with E-state index < -0.39 is 43.4 Å². The molecular formula is C48H90O9. The Morgan fingerprint density at radius 1 is 0.544 bits per heavy atom. The second-order valence-electron chi connectivity index (χ2n) is 16.6. The molecule has 0 saturated carbocycles. The van der Waals surface area contributed by atoms with Crippen LogP contribution in [0.1, 0.15) is 213 Å². The summed E-state index contributed by atoms with van der Waals surface area (Å²) in [6.07, 6.45) is 39.1. The number of carbonyl (C=O) groups is 1. The highest BCUT2D eigenvalue weighted by molar-refractivity contribution is 5.69. The van der Waals surface area contributed by atoms with Crippen molar-refractivity contribution in [3.8, 4) is 0 Å². The molecule has 0 aromatic rings. The van der Waals surface area contributed by atoms with E-state index in [1.54, 1.807) is 0 Å². The Balaban J connectivity index is 2.24. The second-order valence-corrected chi connectivity index (χ2v) is 16.6. The molecule has 6 unspecified atom stereocenters. The van der Waals surface area contributed by atoms with Gasteiger partial charge in [0.25, 0.3) is 0 Å². The molecule has 336 valence electrons. The number of allylic oxidation sites excluding steroid dienone is 4. The second kappa shape index (κ2) is 40.1. The van der Waals surface area contributed by atoms with Crippen LogP contribution in [0.5, 0.6) is 0 Å². The summed E-state index contributed by atoms with van der Waals surface area (Å²) in [5, 5.41) is 40.1. The van der Waals surface area contributed by atoms with Crippen LogP contribution in [-0.2, 0) is 23.7 Å². The number of hydrogen-bond donors (Lipinski definition) is 4. The van der Waals surface area contributed by atoms with Crippen molar-refractivity contribution in [2.45, 2.75) is 250 Å². The molecule has 0 aromatic carbocycles. The number of aliphatic hydroxyl groups is 4. The number of unbranched alkanes of at least 4 members (excludes halogenated alkanes) is 26. The summed E-state index contributed by atoms with van der Waals surface area (Å²) in [4.78, 5) is 12.8. The third-order valence-electron chi connectivity index (χ3n) is 11.1. The Bertz CT molecular complexity index is 926. The Labute approximate surface area is 349 Å². The molecule has 0 bridgehead atoms. The van der Waals surface area contributed by atoms with Crippen molar-refractivity contribution in [1.29, 1.82) is 0 Å². The topological polar surface area (TPSA) is 135 Å². The van der Waals surface area contributed by atoms with Crippen molar-refractivity contribution < 1.29 is 44.2 Å². The number of ether oxygens (including phenoxy) is 4. The molecule has 0 aromatic heterocycles. The molecule has 1 aliphatic rings. The molecule has 0 spiro atoms. The van der Waals surface area contributed by atoms with Crippen molar-refractivity contribution in [2.24, 2.45) is 0 Å². The maximum Gasteiger partial charge on any atom is 0.306 e. The van der Waals surface area contributed by atoms with Crippen LogP contribution in [0, 0.1) is 0 Å². The van der Waals surface area contributed by atoms with Gasteiger partial charge in [0.05, 0.1) is 19.8 Å². The molecule has 4 N–H and O–H groups in total. The normalized spacial score (nSPS) is 20.6. The van der Waals surface area contributed by atoms with E-state index in [1.807, 2.05) is 0 Å². The molecule has 1 heterocycles. The van der Waals surface area contributed by atoms with Crippen molar-refractivity contribution >= 4 is 5.97 Å². The first-order chi connectivity index (χ1) is 27.9. The van der Waals surface area contributed by atoms with Crippen LogP contribution in [0.4, 0.5) is 0 Å². The van der Waals surface area contributed by atoms with Crippen LogP contribution in [0.25, 0.3) is 0 Å². The summed E-state index contributed by atoms with van der Waals surface area (Å²) in [7, 11) is 0. The van der Waals surface area contributed by atoms with Crippen LogP contribution < -0.4 is 0 Å². The molecule has 1 rings (SSSR count). The molecule has 1 saturated heterocycles. The highest BCUT2D eigenvalue weighted by Crippen LogP contribution is 2.23. The lowest BCUT2D eigenvalue weighted by Crippen LogP contribution is -2.59. The molecule has 1 aliphatic heterocycles. The van der Waals surface area contributed by atoms with Crippen LogP contribution in [0.2, 0.25) is 0 Å². The fourth-order valence-electron chi connectivity index (χ4n) is 7.31. The summed E-state index contributed by atoms with van der Waals surface area (Å²) >= 11 is 0. The number of carbonyl (C=O) groups excluding carboxylic acids is 1. The van der Waals surface area contributed by atoms with E-state index in [1.165, 1.54) is 161 Å². The van der Waals surface area contributed by atoms with Gasteiger partial charge in [-0.1, -0.05) is 167 Å². The summed E-state index contributed by atoms with van der Waals surface area (Å²) < 4.78 is 22.8. The van der Waals surface area contributed by atoms with Gasteiger partial charge < -0.3 is 39.4 Å². The van der Waals surface area contributed by atoms with Gasteiger partial charge in [-0.3, -0.25) is 4.79 Å². The van der Waals surface area contributed by atoms with Crippen LogP contribution in [0.15, 0.2) is 24.3 Å². The summed E-state index contributed by atoms with van der Waals surface area (Å²) in [6, 6.07) is 0. The van der Waals surface area contributed by atoms with Gasteiger partial charge in [-0.25, -0.2) is 0 Å². The van der Waals surface area contributed by atoms with Crippen LogP contribution in [0.3, 0.4) is 0 Å². The smallest absolute Gasteiger partial charge is 0.306 e. The monoisotopic (exact) mass is 811 g/mol. The number of aliphatic hydroxyl groups excluding tert-OH is 4. The molecule has 6 atom stereocenters. The zero-order valence-electron chi connectivity index (χ0n) is 36.9. The fourth-order valence-corrected chi connectivity index (χ4v) is 7.31. The molecule has 57 heavy (non-hydrogen) atoms. The van der Waals surface area contributed by atoms with Gasteiger partial charge >= 0.3 is 5.97 Å². The standard InChI is InChI=1S/C48H90O9/c1-3-5-7-9-11-13-15-17-19-21-23-25-27-29-31-33-35-37-44(50)56-42(41-55-48-47(53)46(52)45(51)43(39-49)57-48)40-54-38-36-34-32-30-28-26-24-22-20-18-16-14-12-10-8-6-4-2/h17,19-20,22,42-43,45-49,51-53H,3-16,18,21,23-41H2,1-2H3/b19-17-,22-20-. The Kier molecular flexibility index (Phi) is 37.8. The van der Waals surface area contributed by atoms with Gasteiger partial charge in [-0.05, 0) is 64.2 Å². The van der Waals surface area contributed by atoms with E-state index in [4.69, 9.17) is 18.9 Å². The highest BCUT2D eigenvalue weighted by atomic mass is 16.7. The van der Waals surface area contributed by atoms with E-state index in [9.17, 15) is 25.2 Å². The zero-order chi connectivity index (χ0) is 41.4. The average Bonchev–Trinajstić information content (AvgIpc) is 3.21. The number of esters is 1. The lowest BCUT2D eigenvalue weighted by atomic mass is 9.99. The maximum atomic E-state index is 12.8. The first-order valence-corrected chi connectivity index (χ1v) is 23.9. The van der Waals surface area contributed by atoms with E-state index in [-0.39, 0.29) is 19.2 Å². The van der Waals surface area contributed by atoms with Gasteiger partial charge in [-0.2, -0.15) is 0 Å². The molecule has 0 amide bonds. The average molecular weight is 811 g/mol. The zero-order valence-corrected chi connectivity index (χ0v) is 36.9. The highest BCUT2D eigenvalue weighted by Gasteiger charge is 2.44. The minimum Gasteiger partial charge on any atom is -0.457 e. The molecule has 0 radical (unpaired) electrons. The van der Waals surface area contributed by atoms with Crippen molar-refractivity contribution in [1.82, 2.24) is 0 Å². The van der Waals surface area contributed by atoms with E-state index >= 15 is 0 Å². The largest absolute Gasteiger partial charge is 0.457 e. The van der Waals surface area contributed by atoms with Crippen molar-refractivity contribution in [3.05, 3.63) is 24.3 Å². The van der Waals surface area contributed by atoms with Crippen molar-refractivity contribution in [3.63, 3.8) is 0 Å². The van der Waals surface area contributed by atoms with Gasteiger partial charge in [0.2, 0.25) is 0 Å². The van der Waals surface area contributed by atoms with Gasteiger partial charge in [-0.15, -0.1) is 0 Å². The molecule has 9 nitrogen and oxygen atoms in total. The summed E-state index contributed by atoms with van der Waals surface area (Å²) in [5.41, 5.74) is 0. The Hall–Kier alpha value is -1.33. The molecular weight excluding hydrogens is 721 g/mol. The fraction of sp³-hybridized carbons (Fsp3) is 0.896. The minimum absolute atomic E-state index is 0.115. The lowest BCUT2D eigenvalue weighted by Gasteiger charge is -2.39. The van der Waals surface area contributed by atoms with Gasteiger partial charge in [0.1, 0.15) is 30.5 Å². The predicted octanol–water partition coefficient (Wildman–Crippen LogP) is 11.0. The van der Waals surface area contributed by atoms with Crippen molar-refractivity contribution in [2.75, 3.05) is 26.4 Å². The number of hydrogen-bond acceptors (Lipinski definition) is 9. The summed E-state index contributed by atoms with van der Waals surface area (Å²) in [6.45, 7) is 4.56. The quantitative estimate of drug-likeness (QED) is 0.0270. The first-order valence-electron chi connectivity index (χ1n) is 23.9. The molecule has 0 aliphatic carbocycles. The minimum atomic E-state index is -1.54. The Morgan fingerprint density at radius 3 is 1.42 bits per heavy atom. The van der Waals surface area contributed by atoms with E-state index in [0.29, 0.717) is 13.0 Å². The summed E-state index contributed by atoms with van der Waals surface area (Å²) in [5.74, 6) is -0.318. The SMILES string of the molecule is CCCCCCCC/C=C\CCCCCCCCCC(=O)OC(COCCCCCCCC/C=C\CCCCCCCCC)COC1OC(CO)C(O)C(O)C1O. The lowest BCUT2D eigenvalue weighted by molar-refractivity contribution is -0.305. The van der Waals surface area contributed by atoms with Gasteiger partial charge in [0.15, 0.2) is 6.29 Å². The first kappa shape index (κ1) is 53.7. The third kappa shape index (κ3) is 31.2. The van der Waals surface area contributed by atoms with E-state index in [0.717, 1.165) is 32.1 Å². The molecule has 1 fully saturated rings. The third-order valence-corrected chi connectivity index (χ3v) is 11.1. The molecule has 9 heteroatoms. The Morgan fingerprint density at radius 2 is 0.965 bits per heavy atom. The van der Waals surface area contributed by atoms with Crippen LogP contribution >= 0.6 is 0 Å². The predicted molar refractivity (Wildman–Crippen MR) is 233 cm³/mol. The van der Waals surface area contributed by atoms with E-state index in [2.05, 4.69) is 38.2 Å². The maximum absolute atomic E-state index is 12.8. The number of rotatable bonds is 41.